The minimum atomic E-state index is -0.729. The van der Waals surface area contributed by atoms with E-state index in [9.17, 15) is 25.0 Å². The number of carbonyl (C=O) groups is 1. The van der Waals surface area contributed by atoms with E-state index >= 15 is 0 Å². The van der Waals surface area contributed by atoms with E-state index < -0.39 is 27.3 Å². The first-order chi connectivity index (χ1) is 12.9. The Morgan fingerprint density at radius 2 is 1.78 bits per heavy atom. The molecule has 2 fully saturated rings. The Balaban J connectivity index is 1.67. The van der Waals surface area contributed by atoms with Crippen molar-refractivity contribution in [1.29, 1.82) is 0 Å². The van der Waals surface area contributed by atoms with Crippen LogP contribution < -0.4 is 0 Å². The maximum absolute atomic E-state index is 11.9. The third-order valence-corrected chi connectivity index (χ3v) is 4.11. The lowest BCUT2D eigenvalue weighted by molar-refractivity contribution is -0.394. The summed E-state index contributed by atoms with van der Waals surface area (Å²) in [6.45, 7) is 3.57. The number of rotatable bonds is 6. The Kier molecular flexibility index (Phi) is 5.57. The van der Waals surface area contributed by atoms with Crippen LogP contribution in [-0.4, -0.2) is 77.6 Å². The normalized spacial score (nSPS) is 20.8. The van der Waals surface area contributed by atoms with Gasteiger partial charge >= 0.3 is 6.09 Å². The molecule has 0 N–H and O–H groups in total. The number of amides is 1. The van der Waals surface area contributed by atoms with Gasteiger partial charge in [0.25, 0.3) is 11.4 Å². The lowest BCUT2D eigenvalue weighted by Crippen LogP contribution is -2.41. The number of hydrogen-bond acceptors (Lipinski definition) is 9. The summed E-state index contributed by atoms with van der Waals surface area (Å²) in [6, 6.07) is 3.14. The Labute approximate surface area is 153 Å². The summed E-state index contributed by atoms with van der Waals surface area (Å²) < 4.78 is 10.5. The number of nitrogens with zero attached hydrogens (tertiary/aromatic N) is 5. The van der Waals surface area contributed by atoms with Gasteiger partial charge in [0, 0.05) is 37.3 Å². The lowest BCUT2D eigenvalue weighted by Gasteiger charge is -2.27. The molecule has 0 saturated carbocycles. The average Bonchev–Trinajstić information content (AvgIpc) is 2.99. The van der Waals surface area contributed by atoms with Gasteiger partial charge in [-0.15, -0.1) is 0 Å². The number of cyclic esters (lactones) is 1. The van der Waals surface area contributed by atoms with Crippen LogP contribution in [-0.2, 0) is 9.47 Å². The van der Waals surface area contributed by atoms with Crippen molar-refractivity contribution in [3.63, 3.8) is 0 Å². The maximum Gasteiger partial charge on any atom is 0.430 e. The van der Waals surface area contributed by atoms with Crippen LogP contribution in [0.1, 0.15) is 5.56 Å². The molecule has 0 spiro atoms. The fourth-order valence-corrected chi connectivity index (χ4v) is 2.81. The predicted octanol–water partition coefficient (Wildman–Crippen LogP) is 0.990. The summed E-state index contributed by atoms with van der Waals surface area (Å²) >= 11 is 0. The van der Waals surface area contributed by atoms with Crippen LogP contribution in [0.3, 0.4) is 0 Å². The Hall–Kier alpha value is -3.12. The molecule has 1 aromatic carbocycles. The molecule has 1 atom stereocenters. The molecule has 1 amide bonds. The molecule has 1 aromatic rings. The highest BCUT2D eigenvalue weighted by molar-refractivity contribution is 5.83. The third-order valence-electron chi connectivity index (χ3n) is 4.11. The zero-order valence-corrected chi connectivity index (χ0v) is 14.2. The molecule has 3 rings (SSSR count). The van der Waals surface area contributed by atoms with Crippen molar-refractivity contribution in [2.75, 3.05) is 39.4 Å². The number of ether oxygens (including phenoxy) is 2. The highest BCUT2D eigenvalue weighted by atomic mass is 16.6. The molecular weight excluding hydrogens is 362 g/mol. The van der Waals surface area contributed by atoms with E-state index in [0.717, 1.165) is 36.3 Å². The van der Waals surface area contributed by atoms with Gasteiger partial charge < -0.3 is 9.47 Å². The summed E-state index contributed by atoms with van der Waals surface area (Å²) in [4.78, 5) is 34.4. The topological polar surface area (TPSA) is 141 Å². The molecule has 2 heterocycles. The number of hydrogen-bond donors (Lipinski definition) is 0. The van der Waals surface area contributed by atoms with Crippen LogP contribution in [0.15, 0.2) is 23.3 Å². The first-order valence-corrected chi connectivity index (χ1v) is 8.18. The van der Waals surface area contributed by atoms with Gasteiger partial charge in [-0.1, -0.05) is 0 Å². The van der Waals surface area contributed by atoms with E-state index in [1.807, 2.05) is 0 Å². The standard InChI is InChI=1S/C15H17N5O7/c21-15-18(10-14(27-15)9-17-1-3-26-4-2-17)16-8-11-5-12(19(22)23)7-13(6-11)20(24)25/h5-8,14H,1-4,9-10H2/b16-8+. The second-order valence-electron chi connectivity index (χ2n) is 6.04. The van der Waals surface area contributed by atoms with Gasteiger partial charge in [-0.25, -0.2) is 4.79 Å². The van der Waals surface area contributed by atoms with Crippen molar-refractivity contribution in [2.45, 2.75) is 6.10 Å². The highest BCUT2D eigenvalue weighted by Crippen LogP contribution is 2.22. The molecule has 2 aliphatic rings. The van der Waals surface area contributed by atoms with Crippen LogP contribution in [0.25, 0.3) is 0 Å². The van der Waals surface area contributed by atoms with Crippen LogP contribution in [0, 0.1) is 20.2 Å². The molecule has 27 heavy (non-hydrogen) atoms. The molecule has 12 heteroatoms. The van der Waals surface area contributed by atoms with Crippen LogP contribution in [0.2, 0.25) is 0 Å². The molecule has 0 radical (unpaired) electrons. The average molecular weight is 379 g/mol. The number of carbonyl (C=O) groups excluding carboxylic acids is 1. The van der Waals surface area contributed by atoms with Gasteiger partial charge in [0.2, 0.25) is 0 Å². The minimum Gasteiger partial charge on any atom is -0.441 e. The molecule has 0 aromatic heterocycles. The molecule has 2 aliphatic heterocycles. The molecule has 1 unspecified atom stereocenters. The maximum atomic E-state index is 11.9. The summed E-state index contributed by atoms with van der Waals surface area (Å²) in [5.74, 6) is 0. The van der Waals surface area contributed by atoms with Gasteiger partial charge in [-0.05, 0) is 0 Å². The number of hydrazone groups is 1. The number of benzene rings is 1. The highest BCUT2D eigenvalue weighted by Gasteiger charge is 2.32. The van der Waals surface area contributed by atoms with Gasteiger partial charge in [0.15, 0.2) is 0 Å². The van der Waals surface area contributed by atoms with E-state index in [4.69, 9.17) is 9.47 Å². The van der Waals surface area contributed by atoms with E-state index in [2.05, 4.69) is 10.0 Å². The third kappa shape index (κ3) is 4.74. The molecular formula is C15H17N5O7. The number of nitro benzene ring substituents is 2. The molecule has 12 nitrogen and oxygen atoms in total. The van der Waals surface area contributed by atoms with Crippen molar-refractivity contribution < 1.29 is 24.1 Å². The summed E-state index contributed by atoms with van der Waals surface area (Å²) in [5.41, 5.74) is -0.722. The van der Waals surface area contributed by atoms with Crippen LogP contribution >= 0.6 is 0 Å². The van der Waals surface area contributed by atoms with Crippen LogP contribution in [0.4, 0.5) is 16.2 Å². The van der Waals surface area contributed by atoms with E-state index in [0.29, 0.717) is 19.8 Å². The first-order valence-electron chi connectivity index (χ1n) is 8.18. The monoisotopic (exact) mass is 379 g/mol. The Morgan fingerprint density at radius 3 is 2.37 bits per heavy atom. The first kappa shape index (κ1) is 18.7. The van der Waals surface area contributed by atoms with E-state index in [1.165, 1.54) is 6.21 Å². The smallest absolute Gasteiger partial charge is 0.430 e. The van der Waals surface area contributed by atoms with E-state index in [1.54, 1.807) is 0 Å². The van der Waals surface area contributed by atoms with Gasteiger partial charge in [0.05, 0.1) is 41.9 Å². The molecule has 144 valence electrons. The van der Waals surface area contributed by atoms with Gasteiger partial charge in [0.1, 0.15) is 6.10 Å². The Bertz CT molecular complexity index is 746. The second-order valence-corrected chi connectivity index (χ2v) is 6.04. The predicted molar refractivity (Wildman–Crippen MR) is 91.6 cm³/mol. The zero-order chi connectivity index (χ0) is 19.4. The summed E-state index contributed by atoms with van der Waals surface area (Å²) in [7, 11) is 0. The largest absolute Gasteiger partial charge is 0.441 e. The van der Waals surface area contributed by atoms with E-state index in [-0.39, 0.29) is 18.2 Å². The second kappa shape index (κ2) is 8.05. The quantitative estimate of drug-likeness (QED) is 0.405. The fraction of sp³-hybridized carbons (Fsp3) is 0.467. The van der Waals surface area contributed by atoms with Crippen molar-refractivity contribution in [2.24, 2.45) is 5.10 Å². The summed E-state index contributed by atoms with van der Waals surface area (Å²) in [6.07, 6.45) is 0.176. The van der Waals surface area contributed by atoms with Crippen molar-refractivity contribution >= 4 is 23.7 Å². The summed E-state index contributed by atoms with van der Waals surface area (Å²) in [5, 5.41) is 26.9. The van der Waals surface area contributed by atoms with Crippen molar-refractivity contribution in [3.8, 4) is 0 Å². The van der Waals surface area contributed by atoms with Crippen LogP contribution in [0.5, 0.6) is 0 Å². The molecule has 0 bridgehead atoms. The SMILES string of the molecule is O=C1OC(CN2CCOCC2)CN1/N=C/c1cc([N+](=O)[O-])cc([N+](=O)[O-])c1. The number of morpholine rings is 1. The molecule has 2 saturated heterocycles. The number of non-ortho nitro benzene ring substituents is 2. The van der Waals surface area contributed by atoms with Crippen molar-refractivity contribution in [3.05, 3.63) is 44.0 Å². The van der Waals surface area contributed by atoms with Crippen molar-refractivity contribution in [1.82, 2.24) is 9.91 Å². The Morgan fingerprint density at radius 1 is 1.15 bits per heavy atom. The number of nitro groups is 2. The zero-order valence-electron chi connectivity index (χ0n) is 14.2. The lowest BCUT2D eigenvalue weighted by atomic mass is 10.2. The van der Waals surface area contributed by atoms with Gasteiger partial charge in [-0.2, -0.15) is 10.1 Å². The molecule has 0 aliphatic carbocycles. The fourth-order valence-electron chi connectivity index (χ4n) is 2.81. The van der Waals surface area contributed by atoms with Gasteiger partial charge in [-0.3, -0.25) is 25.1 Å². The minimum absolute atomic E-state index is 0.139.